The molecule has 2 saturated heterocycles. The largest absolute Gasteiger partial charge is 0.377 e. The van der Waals surface area contributed by atoms with Crippen LogP contribution in [0.15, 0.2) is 0 Å². The lowest BCUT2D eigenvalue weighted by molar-refractivity contribution is 0.111. The first-order valence-corrected chi connectivity index (χ1v) is 7.97. The van der Waals surface area contributed by atoms with Crippen LogP contribution in [0.5, 0.6) is 0 Å². The van der Waals surface area contributed by atoms with Crippen molar-refractivity contribution in [2.24, 2.45) is 0 Å². The van der Waals surface area contributed by atoms with Crippen molar-refractivity contribution < 1.29 is 4.74 Å². The summed E-state index contributed by atoms with van der Waals surface area (Å²) in [5.41, 5.74) is 0. The maximum atomic E-state index is 5.58. The van der Waals surface area contributed by atoms with Gasteiger partial charge in [-0.3, -0.25) is 0 Å². The van der Waals surface area contributed by atoms with Crippen LogP contribution in [0.25, 0.3) is 0 Å². The van der Waals surface area contributed by atoms with Crippen molar-refractivity contribution in [2.45, 2.75) is 63.8 Å². The topological polar surface area (TPSA) is 36.5 Å². The Morgan fingerprint density at radius 2 is 2.00 bits per heavy atom. The zero-order valence-electron chi connectivity index (χ0n) is 12.8. The summed E-state index contributed by atoms with van der Waals surface area (Å²) < 4.78 is 5.58. The van der Waals surface area contributed by atoms with E-state index in [4.69, 9.17) is 4.74 Å². The summed E-state index contributed by atoms with van der Waals surface area (Å²) in [6.07, 6.45) is 5.39. The Kier molecular flexibility index (Phi) is 6.07. The molecular formula is C15H31N3O. The Labute approximate surface area is 118 Å². The van der Waals surface area contributed by atoms with Crippen LogP contribution in [0.2, 0.25) is 0 Å². The van der Waals surface area contributed by atoms with Crippen molar-refractivity contribution in [3.63, 3.8) is 0 Å². The van der Waals surface area contributed by atoms with Gasteiger partial charge in [0, 0.05) is 24.7 Å². The summed E-state index contributed by atoms with van der Waals surface area (Å²) in [6.45, 7) is 9.08. The van der Waals surface area contributed by atoms with E-state index in [-0.39, 0.29) is 0 Å². The van der Waals surface area contributed by atoms with E-state index < -0.39 is 0 Å². The molecule has 2 N–H and O–H groups in total. The molecule has 0 amide bonds. The molecule has 3 unspecified atom stereocenters. The molecule has 0 saturated carbocycles. The number of hydrogen-bond acceptors (Lipinski definition) is 4. The van der Waals surface area contributed by atoms with Crippen LogP contribution in [-0.2, 0) is 4.74 Å². The lowest BCUT2D eigenvalue weighted by Gasteiger charge is -2.36. The maximum absolute atomic E-state index is 5.58. The molecule has 0 spiro atoms. The first-order valence-electron chi connectivity index (χ1n) is 7.97. The molecule has 0 aliphatic carbocycles. The van der Waals surface area contributed by atoms with Crippen molar-refractivity contribution in [3.8, 4) is 0 Å². The van der Waals surface area contributed by atoms with Gasteiger partial charge < -0.3 is 20.3 Å². The highest BCUT2D eigenvalue weighted by Crippen LogP contribution is 2.15. The minimum Gasteiger partial charge on any atom is -0.377 e. The number of piperidine rings is 1. The SMILES string of the molecule is CNC1CCN(C(C)CCNC2CCOC2C)CC1. The number of ether oxygens (including phenoxy) is 1. The van der Waals surface area contributed by atoms with Gasteiger partial charge in [-0.1, -0.05) is 0 Å². The van der Waals surface area contributed by atoms with Gasteiger partial charge in [-0.05, 0) is 66.2 Å². The summed E-state index contributed by atoms with van der Waals surface area (Å²) in [6, 6.07) is 2.00. The van der Waals surface area contributed by atoms with E-state index >= 15 is 0 Å². The van der Waals surface area contributed by atoms with Crippen LogP contribution < -0.4 is 10.6 Å². The third-order valence-electron chi connectivity index (χ3n) is 4.91. The van der Waals surface area contributed by atoms with E-state index in [0.29, 0.717) is 18.2 Å². The third-order valence-corrected chi connectivity index (χ3v) is 4.91. The summed E-state index contributed by atoms with van der Waals surface area (Å²) in [4.78, 5) is 2.64. The molecule has 0 aromatic carbocycles. The van der Waals surface area contributed by atoms with E-state index in [2.05, 4.69) is 36.4 Å². The molecule has 0 aromatic rings. The Hall–Kier alpha value is -0.160. The molecule has 2 fully saturated rings. The second-order valence-corrected chi connectivity index (χ2v) is 6.16. The van der Waals surface area contributed by atoms with Gasteiger partial charge in [0.15, 0.2) is 0 Å². The molecule has 0 radical (unpaired) electrons. The minimum atomic E-state index is 0.390. The van der Waals surface area contributed by atoms with Gasteiger partial charge in [-0.2, -0.15) is 0 Å². The fourth-order valence-corrected chi connectivity index (χ4v) is 3.29. The van der Waals surface area contributed by atoms with Crippen molar-refractivity contribution in [1.29, 1.82) is 0 Å². The molecule has 2 aliphatic rings. The van der Waals surface area contributed by atoms with E-state index in [9.17, 15) is 0 Å². The molecule has 2 aliphatic heterocycles. The first kappa shape index (κ1) is 15.2. The Bertz CT molecular complexity index is 254. The van der Waals surface area contributed by atoms with Crippen molar-refractivity contribution >= 4 is 0 Å². The normalized spacial score (nSPS) is 31.7. The van der Waals surface area contributed by atoms with Gasteiger partial charge in [0.05, 0.1) is 6.10 Å². The van der Waals surface area contributed by atoms with Gasteiger partial charge in [-0.15, -0.1) is 0 Å². The smallest absolute Gasteiger partial charge is 0.0700 e. The Balaban J connectivity index is 1.60. The summed E-state index contributed by atoms with van der Waals surface area (Å²) in [5, 5.41) is 7.05. The van der Waals surface area contributed by atoms with Crippen molar-refractivity contribution in [1.82, 2.24) is 15.5 Å². The van der Waals surface area contributed by atoms with Crippen LogP contribution in [0.3, 0.4) is 0 Å². The molecule has 4 nitrogen and oxygen atoms in total. The fraction of sp³-hybridized carbons (Fsp3) is 1.00. The summed E-state index contributed by atoms with van der Waals surface area (Å²) >= 11 is 0. The number of hydrogen-bond donors (Lipinski definition) is 2. The number of nitrogens with zero attached hydrogens (tertiary/aromatic N) is 1. The molecule has 0 bridgehead atoms. The van der Waals surface area contributed by atoms with Crippen molar-refractivity contribution in [2.75, 3.05) is 33.3 Å². The zero-order chi connectivity index (χ0) is 13.7. The van der Waals surface area contributed by atoms with Crippen LogP contribution in [0, 0.1) is 0 Å². The zero-order valence-corrected chi connectivity index (χ0v) is 12.8. The van der Waals surface area contributed by atoms with Crippen LogP contribution in [0.4, 0.5) is 0 Å². The number of rotatable bonds is 6. The number of likely N-dealkylation sites (tertiary alicyclic amines) is 1. The molecule has 4 heteroatoms. The third kappa shape index (κ3) is 4.42. The number of nitrogens with one attached hydrogen (secondary N) is 2. The van der Waals surface area contributed by atoms with Gasteiger partial charge in [0.25, 0.3) is 0 Å². The highest BCUT2D eigenvalue weighted by Gasteiger charge is 2.24. The molecule has 0 aromatic heterocycles. The lowest BCUT2D eigenvalue weighted by Crippen LogP contribution is -2.46. The monoisotopic (exact) mass is 269 g/mol. The second kappa shape index (κ2) is 7.58. The van der Waals surface area contributed by atoms with E-state index in [0.717, 1.165) is 19.2 Å². The van der Waals surface area contributed by atoms with Gasteiger partial charge in [0.2, 0.25) is 0 Å². The lowest BCUT2D eigenvalue weighted by atomic mass is 10.0. The summed E-state index contributed by atoms with van der Waals surface area (Å²) in [5.74, 6) is 0. The van der Waals surface area contributed by atoms with Gasteiger partial charge >= 0.3 is 0 Å². The maximum Gasteiger partial charge on any atom is 0.0700 e. The molecule has 2 heterocycles. The van der Waals surface area contributed by atoms with Crippen LogP contribution >= 0.6 is 0 Å². The van der Waals surface area contributed by atoms with Crippen molar-refractivity contribution in [3.05, 3.63) is 0 Å². The van der Waals surface area contributed by atoms with E-state index in [1.807, 2.05) is 0 Å². The summed E-state index contributed by atoms with van der Waals surface area (Å²) in [7, 11) is 2.08. The second-order valence-electron chi connectivity index (χ2n) is 6.16. The highest BCUT2D eigenvalue weighted by molar-refractivity contribution is 4.82. The van der Waals surface area contributed by atoms with E-state index in [1.165, 1.54) is 38.8 Å². The average Bonchev–Trinajstić information content (AvgIpc) is 2.84. The van der Waals surface area contributed by atoms with Gasteiger partial charge in [-0.25, -0.2) is 0 Å². The van der Waals surface area contributed by atoms with Gasteiger partial charge in [0.1, 0.15) is 0 Å². The first-order chi connectivity index (χ1) is 9.20. The molecular weight excluding hydrogens is 238 g/mol. The molecule has 19 heavy (non-hydrogen) atoms. The minimum absolute atomic E-state index is 0.390. The molecule has 112 valence electrons. The van der Waals surface area contributed by atoms with E-state index in [1.54, 1.807) is 0 Å². The Morgan fingerprint density at radius 3 is 2.58 bits per heavy atom. The predicted molar refractivity (Wildman–Crippen MR) is 79.6 cm³/mol. The fourth-order valence-electron chi connectivity index (χ4n) is 3.29. The Morgan fingerprint density at radius 1 is 1.26 bits per heavy atom. The predicted octanol–water partition coefficient (Wildman–Crippen LogP) is 1.22. The average molecular weight is 269 g/mol. The molecule has 3 atom stereocenters. The highest BCUT2D eigenvalue weighted by atomic mass is 16.5. The molecule has 2 rings (SSSR count). The quantitative estimate of drug-likeness (QED) is 0.760. The van der Waals surface area contributed by atoms with Crippen LogP contribution in [-0.4, -0.2) is 62.4 Å². The standard InChI is InChI=1S/C15H31N3O/c1-12(18-9-5-14(16-3)6-10-18)4-8-17-15-7-11-19-13(15)2/h12-17H,4-11H2,1-3H3. The van der Waals surface area contributed by atoms with Crippen LogP contribution in [0.1, 0.15) is 39.5 Å².